The fraction of sp³-hybridized carbons (Fsp3) is 0.200. The summed E-state index contributed by atoms with van der Waals surface area (Å²) in [4.78, 5) is 6.37. The molecule has 7 heteroatoms. The summed E-state index contributed by atoms with van der Waals surface area (Å²) in [5.74, 6) is 0. The highest BCUT2D eigenvalue weighted by Crippen LogP contribution is 2.18. The molecule has 0 atom stereocenters. The lowest BCUT2D eigenvalue weighted by Gasteiger charge is -2.05. The number of halogens is 3. The van der Waals surface area contributed by atoms with Crippen molar-refractivity contribution in [2.75, 3.05) is 5.73 Å². The minimum atomic E-state index is -4.77. The van der Waals surface area contributed by atoms with Crippen molar-refractivity contribution in [3.05, 3.63) is 12.4 Å². The highest BCUT2D eigenvalue weighted by Gasteiger charge is 2.32. The van der Waals surface area contributed by atoms with Crippen LogP contribution in [0.2, 0.25) is 0 Å². The minimum Gasteiger partial charge on any atom is -0.396 e. The first-order valence-electron chi connectivity index (χ1n) is 2.80. The number of hydrogen-bond donors (Lipinski definition) is 1. The summed E-state index contributed by atoms with van der Waals surface area (Å²) < 4.78 is 37.9. The lowest BCUT2D eigenvalue weighted by Crippen LogP contribution is -2.18. The van der Waals surface area contributed by atoms with Crippen molar-refractivity contribution < 1.29 is 17.9 Å². The van der Waals surface area contributed by atoms with Crippen LogP contribution in [0, 0.1) is 0 Å². The van der Waals surface area contributed by atoms with E-state index in [-0.39, 0.29) is 5.69 Å². The molecule has 2 N–H and O–H groups in total. The maximum atomic E-state index is 11.5. The molecule has 0 bridgehead atoms. The zero-order chi connectivity index (χ0) is 9.19. The first kappa shape index (κ1) is 8.57. The van der Waals surface area contributed by atoms with Gasteiger partial charge in [-0.15, -0.1) is 13.2 Å². The summed E-state index contributed by atoms with van der Waals surface area (Å²) in [6.45, 7) is 0. The van der Waals surface area contributed by atoms with E-state index in [0.29, 0.717) is 0 Å². The van der Waals surface area contributed by atoms with Crippen molar-refractivity contribution in [3.8, 4) is 6.01 Å². The molecular weight excluding hydrogens is 175 g/mol. The molecule has 0 spiro atoms. The smallest absolute Gasteiger partial charge is 0.396 e. The molecule has 1 heterocycles. The maximum Gasteiger partial charge on any atom is 0.575 e. The third kappa shape index (κ3) is 2.60. The van der Waals surface area contributed by atoms with Crippen molar-refractivity contribution in [1.82, 2.24) is 9.97 Å². The number of nitrogen functional groups attached to an aromatic ring is 1. The largest absolute Gasteiger partial charge is 0.575 e. The van der Waals surface area contributed by atoms with Crippen LogP contribution in [-0.2, 0) is 0 Å². The number of nitrogens with zero attached hydrogens (tertiary/aromatic N) is 2. The first-order valence-corrected chi connectivity index (χ1v) is 2.80. The predicted octanol–water partition coefficient (Wildman–Crippen LogP) is 0.957. The Bertz CT molecular complexity index is 258. The molecule has 0 amide bonds. The Morgan fingerprint density at radius 1 is 1.25 bits per heavy atom. The van der Waals surface area contributed by atoms with Gasteiger partial charge in [0.05, 0.1) is 18.1 Å². The molecule has 0 saturated heterocycles. The molecule has 1 aromatic rings. The van der Waals surface area contributed by atoms with E-state index in [1.807, 2.05) is 0 Å². The van der Waals surface area contributed by atoms with E-state index in [1.54, 1.807) is 0 Å². The van der Waals surface area contributed by atoms with E-state index in [4.69, 9.17) is 5.73 Å². The van der Waals surface area contributed by atoms with E-state index in [2.05, 4.69) is 14.7 Å². The molecule has 0 radical (unpaired) electrons. The Balaban J connectivity index is 2.71. The highest BCUT2D eigenvalue weighted by atomic mass is 19.4. The monoisotopic (exact) mass is 179 g/mol. The average molecular weight is 179 g/mol. The molecule has 66 valence electrons. The van der Waals surface area contributed by atoms with Gasteiger partial charge in [0.1, 0.15) is 0 Å². The maximum absolute atomic E-state index is 11.5. The van der Waals surface area contributed by atoms with Gasteiger partial charge in [-0.1, -0.05) is 0 Å². The molecule has 1 rings (SSSR count). The van der Waals surface area contributed by atoms with Crippen molar-refractivity contribution in [2.45, 2.75) is 6.36 Å². The van der Waals surface area contributed by atoms with Gasteiger partial charge in [-0.2, -0.15) is 0 Å². The van der Waals surface area contributed by atoms with Crippen LogP contribution in [0.3, 0.4) is 0 Å². The Morgan fingerprint density at radius 2 is 1.75 bits per heavy atom. The zero-order valence-electron chi connectivity index (χ0n) is 5.67. The van der Waals surface area contributed by atoms with Crippen molar-refractivity contribution in [3.63, 3.8) is 0 Å². The van der Waals surface area contributed by atoms with Crippen LogP contribution in [0.5, 0.6) is 6.01 Å². The van der Waals surface area contributed by atoms with Gasteiger partial charge in [0.2, 0.25) is 0 Å². The summed E-state index contributed by atoms with van der Waals surface area (Å²) in [5.41, 5.74) is 5.30. The lowest BCUT2D eigenvalue weighted by atomic mass is 10.6. The van der Waals surface area contributed by atoms with Crippen LogP contribution in [0.25, 0.3) is 0 Å². The van der Waals surface area contributed by atoms with E-state index in [1.165, 1.54) is 0 Å². The molecular formula is C5H4F3N3O. The predicted molar refractivity (Wildman–Crippen MR) is 33.1 cm³/mol. The summed E-state index contributed by atoms with van der Waals surface area (Å²) in [7, 11) is 0. The molecule has 4 nitrogen and oxygen atoms in total. The van der Waals surface area contributed by atoms with Gasteiger partial charge >= 0.3 is 12.4 Å². The molecule has 0 aromatic carbocycles. The van der Waals surface area contributed by atoms with Crippen LogP contribution >= 0.6 is 0 Å². The molecule has 0 saturated carbocycles. The van der Waals surface area contributed by atoms with Crippen LogP contribution in [0.15, 0.2) is 12.4 Å². The van der Waals surface area contributed by atoms with Gasteiger partial charge in [0.15, 0.2) is 0 Å². The highest BCUT2D eigenvalue weighted by molar-refractivity contribution is 5.30. The number of hydrogen-bond acceptors (Lipinski definition) is 4. The Morgan fingerprint density at radius 3 is 2.17 bits per heavy atom. The van der Waals surface area contributed by atoms with Gasteiger partial charge < -0.3 is 10.5 Å². The molecule has 0 aliphatic heterocycles. The fourth-order valence-electron chi connectivity index (χ4n) is 0.482. The van der Waals surface area contributed by atoms with Gasteiger partial charge in [0.25, 0.3) is 0 Å². The second-order valence-corrected chi connectivity index (χ2v) is 1.85. The average Bonchev–Trinajstić information content (AvgIpc) is 1.91. The second kappa shape index (κ2) is 2.84. The second-order valence-electron chi connectivity index (χ2n) is 1.85. The Labute approximate surface area is 65.2 Å². The number of ether oxygens (including phenoxy) is 1. The Kier molecular flexibility index (Phi) is 2.03. The number of alkyl halides is 3. The lowest BCUT2D eigenvalue weighted by molar-refractivity contribution is -0.277. The van der Waals surface area contributed by atoms with Crippen LogP contribution < -0.4 is 10.5 Å². The van der Waals surface area contributed by atoms with Crippen molar-refractivity contribution >= 4 is 5.69 Å². The fourth-order valence-corrected chi connectivity index (χ4v) is 0.482. The number of rotatable bonds is 1. The van der Waals surface area contributed by atoms with Gasteiger partial charge in [-0.3, -0.25) is 0 Å². The summed E-state index contributed by atoms with van der Waals surface area (Å²) in [5, 5.41) is 0. The number of nitrogens with two attached hydrogens (primary N) is 1. The van der Waals surface area contributed by atoms with Crippen molar-refractivity contribution in [2.24, 2.45) is 0 Å². The van der Waals surface area contributed by atoms with Crippen LogP contribution in [0.4, 0.5) is 18.9 Å². The number of anilines is 1. The van der Waals surface area contributed by atoms with E-state index < -0.39 is 12.4 Å². The zero-order valence-corrected chi connectivity index (χ0v) is 5.67. The molecule has 0 fully saturated rings. The van der Waals surface area contributed by atoms with E-state index in [0.717, 1.165) is 12.4 Å². The van der Waals surface area contributed by atoms with E-state index >= 15 is 0 Å². The van der Waals surface area contributed by atoms with Gasteiger partial charge in [-0.25, -0.2) is 9.97 Å². The third-order valence-corrected chi connectivity index (χ3v) is 0.855. The van der Waals surface area contributed by atoms with Gasteiger partial charge in [0, 0.05) is 0 Å². The van der Waals surface area contributed by atoms with Crippen LogP contribution in [0.1, 0.15) is 0 Å². The molecule has 0 unspecified atom stereocenters. The standard InChI is InChI=1S/C5H4F3N3O/c6-5(7,8)12-4-10-1-3(9)2-11-4/h1-2H,9H2. The quantitative estimate of drug-likeness (QED) is 0.697. The van der Waals surface area contributed by atoms with Gasteiger partial charge in [-0.05, 0) is 0 Å². The molecule has 12 heavy (non-hydrogen) atoms. The third-order valence-electron chi connectivity index (χ3n) is 0.855. The molecule has 1 aromatic heterocycles. The van der Waals surface area contributed by atoms with Crippen molar-refractivity contribution in [1.29, 1.82) is 0 Å². The van der Waals surface area contributed by atoms with Crippen LogP contribution in [-0.4, -0.2) is 16.3 Å². The summed E-state index contributed by atoms with van der Waals surface area (Å²) >= 11 is 0. The topological polar surface area (TPSA) is 61.0 Å². The minimum absolute atomic E-state index is 0.171. The number of aromatic nitrogens is 2. The Hall–Kier alpha value is -1.53. The van der Waals surface area contributed by atoms with E-state index in [9.17, 15) is 13.2 Å². The molecule has 0 aliphatic carbocycles. The summed E-state index contributed by atoms with van der Waals surface area (Å²) in [6, 6.07) is -0.767. The first-order chi connectivity index (χ1) is 5.47. The molecule has 0 aliphatic rings. The SMILES string of the molecule is Nc1cnc(OC(F)(F)F)nc1. The summed E-state index contributed by atoms with van der Waals surface area (Å²) in [6.07, 6.45) is -2.72. The normalized spacial score (nSPS) is 11.2.